The average molecular weight is 496 g/mol. The molecule has 0 aliphatic heterocycles. The van der Waals surface area contributed by atoms with E-state index >= 15 is 0 Å². The fraction of sp³-hybridized carbons (Fsp3) is 0.0435. The largest absolute Gasteiger partial charge is 0.508 e. The van der Waals surface area contributed by atoms with Crippen molar-refractivity contribution in [2.24, 2.45) is 0 Å². The van der Waals surface area contributed by atoms with Crippen LogP contribution in [-0.2, 0) is 0 Å². The molecule has 0 aliphatic rings. The molecule has 3 aromatic carbocycles. The molecule has 29 heavy (non-hydrogen) atoms. The van der Waals surface area contributed by atoms with Crippen molar-refractivity contribution in [2.75, 3.05) is 7.11 Å². The Kier molecular flexibility index (Phi) is 5.35. The van der Waals surface area contributed by atoms with Gasteiger partial charge in [-0.25, -0.2) is 4.98 Å². The predicted octanol–water partition coefficient (Wildman–Crippen LogP) is 4.87. The molecule has 0 aliphatic carbocycles. The van der Waals surface area contributed by atoms with E-state index in [1.54, 1.807) is 42.0 Å². The second-order valence-electron chi connectivity index (χ2n) is 6.37. The zero-order valence-electron chi connectivity index (χ0n) is 15.5. The van der Waals surface area contributed by atoms with Gasteiger partial charge in [0.1, 0.15) is 17.3 Å². The molecule has 6 heteroatoms. The number of benzene rings is 3. The third-order valence-electron chi connectivity index (χ3n) is 4.50. The van der Waals surface area contributed by atoms with Gasteiger partial charge in [-0.1, -0.05) is 30.3 Å². The minimum atomic E-state index is -0.164. The van der Waals surface area contributed by atoms with Crippen molar-refractivity contribution in [2.45, 2.75) is 0 Å². The van der Waals surface area contributed by atoms with Gasteiger partial charge in [0.05, 0.1) is 23.7 Å². The van der Waals surface area contributed by atoms with Crippen molar-refractivity contribution in [3.05, 3.63) is 92.0 Å². The summed E-state index contributed by atoms with van der Waals surface area (Å²) in [4.78, 5) is 18.2. The number of hydrogen-bond acceptors (Lipinski definition) is 4. The number of methoxy groups -OCH3 is 1. The first kappa shape index (κ1) is 19.2. The maximum Gasteiger partial charge on any atom is 0.266 e. The minimum Gasteiger partial charge on any atom is -0.508 e. The van der Waals surface area contributed by atoms with E-state index in [0.717, 1.165) is 9.13 Å². The number of halogens is 1. The molecule has 0 spiro atoms. The summed E-state index contributed by atoms with van der Waals surface area (Å²) in [6, 6.07) is 19.8. The Morgan fingerprint density at radius 1 is 1.03 bits per heavy atom. The molecule has 0 atom stereocenters. The summed E-state index contributed by atoms with van der Waals surface area (Å²) in [5.41, 5.74) is 1.97. The van der Waals surface area contributed by atoms with Crippen molar-refractivity contribution < 1.29 is 9.84 Å². The van der Waals surface area contributed by atoms with Crippen LogP contribution in [-0.4, -0.2) is 21.8 Å². The minimum absolute atomic E-state index is 0.164. The van der Waals surface area contributed by atoms with E-state index in [9.17, 15) is 9.90 Å². The molecule has 1 aromatic heterocycles. The van der Waals surface area contributed by atoms with Gasteiger partial charge in [-0.2, -0.15) is 0 Å². The number of phenolic OH excluding ortho intramolecular Hbond substituents is 1. The van der Waals surface area contributed by atoms with E-state index in [1.807, 2.05) is 48.5 Å². The molecule has 0 saturated heterocycles. The Balaban J connectivity index is 1.98. The fourth-order valence-corrected chi connectivity index (χ4v) is 3.58. The molecule has 4 aromatic rings. The zero-order valence-corrected chi connectivity index (χ0v) is 17.7. The third-order valence-corrected chi connectivity index (χ3v) is 5.17. The molecule has 0 bridgehead atoms. The van der Waals surface area contributed by atoms with E-state index in [0.29, 0.717) is 28.2 Å². The molecule has 0 amide bonds. The first-order chi connectivity index (χ1) is 14.1. The number of hydrogen-bond donors (Lipinski definition) is 1. The number of aromatic nitrogens is 2. The lowest BCUT2D eigenvalue weighted by molar-refractivity contribution is 0.412. The number of aromatic hydroxyl groups is 1. The second kappa shape index (κ2) is 8.08. The van der Waals surface area contributed by atoms with E-state index < -0.39 is 0 Å². The first-order valence-electron chi connectivity index (χ1n) is 8.89. The highest BCUT2D eigenvalue weighted by atomic mass is 127. The van der Waals surface area contributed by atoms with Crippen LogP contribution >= 0.6 is 22.6 Å². The summed E-state index contributed by atoms with van der Waals surface area (Å²) in [7, 11) is 1.58. The summed E-state index contributed by atoms with van der Waals surface area (Å²) >= 11 is 2.19. The smallest absolute Gasteiger partial charge is 0.266 e. The zero-order chi connectivity index (χ0) is 20.4. The quantitative estimate of drug-likeness (QED) is 0.410. The number of phenols is 1. The van der Waals surface area contributed by atoms with E-state index in [-0.39, 0.29) is 11.3 Å². The van der Waals surface area contributed by atoms with Gasteiger partial charge in [0.2, 0.25) is 0 Å². The Hall–Kier alpha value is -3.13. The van der Waals surface area contributed by atoms with Crippen LogP contribution in [0.5, 0.6) is 11.5 Å². The Bertz CT molecular complexity index is 1280. The molecule has 0 fully saturated rings. The molecule has 1 N–H and O–H groups in total. The van der Waals surface area contributed by atoms with E-state index in [1.165, 1.54) is 0 Å². The number of para-hydroxylation sites is 2. The lowest BCUT2D eigenvalue weighted by Crippen LogP contribution is -2.23. The molecular formula is C23H17IN2O3. The summed E-state index contributed by atoms with van der Waals surface area (Å²) < 4.78 is 8.01. The molecule has 5 nitrogen and oxygen atoms in total. The molecule has 4 rings (SSSR count). The third kappa shape index (κ3) is 3.88. The van der Waals surface area contributed by atoms with Crippen LogP contribution in [0.2, 0.25) is 0 Å². The van der Waals surface area contributed by atoms with E-state index in [2.05, 4.69) is 22.6 Å². The highest BCUT2D eigenvalue weighted by Gasteiger charge is 2.14. The van der Waals surface area contributed by atoms with Crippen LogP contribution in [0.3, 0.4) is 0 Å². The average Bonchev–Trinajstić information content (AvgIpc) is 2.74. The summed E-state index contributed by atoms with van der Waals surface area (Å²) in [5.74, 6) is 1.27. The standard InChI is InChI=1S/C23H17IN2O3/c1-29-21-5-3-2-4-20(21)26-22(13-8-15-6-10-17(27)11-7-15)25-19-12-9-16(24)14-18(19)23(26)28/h2-14,27H,1H3. The van der Waals surface area contributed by atoms with Crippen molar-refractivity contribution in [3.8, 4) is 17.2 Å². The van der Waals surface area contributed by atoms with Gasteiger partial charge in [0.15, 0.2) is 0 Å². The van der Waals surface area contributed by atoms with Gasteiger partial charge in [-0.15, -0.1) is 0 Å². The van der Waals surface area contributed by atoms with Gasteiger partial charge in [-0.3, -0.25) is 9.36 Å². The number of nitrogens with zero attached hydrogens (tertiary/aromatic N) is 2. The van der Waals surface area contributed by atoms with Gasteiger partial charge in [-0.05, 0) is 76.7 Å². The van der Waals surface area contributed by atoms with Crippen LogP contribution in [0.4, 0.5) is 0 Å². The van der Waals surface area contributed by atoms with Gasteiger partial charge < -0.3 is 9.84 Å². The fourth-order valence-electron chi connectivity index (χ4n) is 3.09. The highest BCUT2D eigenvalue weighted by Crippen LogP contribution is 2.24. The lowest BCUT2D eigenvalue weighted by Gasteiger charge is -2.14. The van der Waals surface area contributed by atoms with Gasteiger partial charge in [0, 0.05) is 3.57 Å². The normalized spacial score (nSPS) is 11.2. The molecule has 1 heterocycles. The van der Waals surface area contributed by atoms with Crippen LogP contribution in [0.15, 0.2) is 71.5 Å². The number of rotatable bonds is 4. The molecular weight excluding hydrogens is 479 g/mol. The van der Waals surface area contributed by atoms with Crippen molar-refractivity contribution in [1.82, 2.24) is 9.55 Å². The maximum absolute atomic E-state index is 13.4. The van der Waals surface area contributed by atoms with Gasteiger partial charge >= 0.3 is 0 Å². The first-order valence-corrected chi connectivity index (χ1v) is 9.97. The lowest BCUT2D eigenvalue weighted by atomic mass is 10.2. The Labute approximate surface area is 181 Å². The SMILES string of the molecule is COc1ccccc1-n1c(C=Cc2ccc(O)cc2)nc2ccc(I)cc2c1=O. The molecule has 0 radical (unpaired) electrons. The molecule has 0 saturated carbocycles. The van der Waals surface area contributed by atoms with Crippen LogP contribution < -0.4 is 10.3 Å². The van der Waals surface area contributed by atoms with Crippen LogP contribution in [0.25, 0.3) is 28.7 Å². The molecule has 0 unspecified atom stereocenters. The Morgan fingerprint density at radius 3 is 2.55 bits per heavy atom. The summed E-state index contributed by atoms with van der Waals surface area (Å²) in [6.45, 7) is 0. The van der Waals surface area contributed by atoms with Crippen molar-refractivity contribution >= 4 is 45.6 Å². The topological polar surface area (TPSA) is 64.3 Å². The second-order valence-corrected chi connectivity index (χ2v) is 7.61. The number of fused-ring (bicyclic) bond motifs is 1. The van der Waals surface area contributed by atoms with E-state index in [4.69, 9.17) is 9.72 Å². The summed E-state index contributed by atoms with van der Waals surface area (Å²) in [5, 5.41) is 10.0. The Morgan fingerprint density at radius 2 is 1.79 bits per heavy atom. The van der Waals surface area contributed by atoms with Crippen molar-refractivity contribution in [1.29, 1.82) is 0 Å². The van der Waals surface area contributed by atoms with Crippen LogP contribution in [0, 0.1) is 3.57 Å². The predicted molar refractivity (Wildman–Crippen MR) is 124 cm³/mol. The maximum atomic E-state index is 13.4. The molecule has 144 valence electrons. The number of ether oxygens (including phenoxy) is 1. The summed E-state index contributed by atoms with van der Waals surface area (Å²) in [6.07, 6.45) is 3.64. The monoisotopic (exact) mass is 496 g/mol. The van der Waals surface area contributed by atoms with Crippen molar-refractivity contribution in [3.63, 3.8) is 0 Å². The van der Waals surface area contributed by atoms with Gasteiger partial charge in [0.25, 0.3) is 5.56 Å². The van der Waals surface area contributed by atoms with Crippen LogP contribution in [0.1, 0.15) is 11.4 Å². The highest BCUT2D eigenvalue weighted by molar-refractivity contribution is 14.1.